The van der Waals surface area contributed by atoms with Gasteiger partial charge in [-0.05, 0) is 12.1 Å². The highest BCUT2D eigenvalue weighted by molar-refractivity contribution is 7.92. The molecule has 0 saturated carbocycles. The number of alkyl halides is 3. The molecule has 2 rings (SSSR count). The van der Waals surface area contributed by atoms with E-state index in [0.717, 1.165) is 12.1 Å². The minimum Gasteiger partial charge on any atom is -0.257 e. The maximum absolute atomic E-state index is 12.6. The van der Waals surface area contributed by atoms with Crippen LogP contribution in [0.25, 0.3) is 11.4 Å². The average molecular weight is 304 g/mol. The van der Waals surface area contributed by atoms with Gasteiger partial charge in [0.2, 0.25) is 0 Å². The molecule has 1 heterocycles. The minimum absolute atomic E-state index is 0.0487. The van der Waals surface area contributed by atoms with Gasteiger partial charge >= 0.3 is 6.18 Å². The Hall–Kier alpha value is -1.90. The van der Waals surface area contributed by atoms with Gasteiger partial charge in [0, 0.05) is 27.8 Å². The molecule has 0 fully saturated rings. The van der Waals surface area contributed by atoms with Gasteiger partial charge in [0.1, 0.15) is 0 Å². The second kappa shape index (κ2) is 4.89. The number of aromatic amines is 1. The molecule has 0 aliphatic carbocycles. The molecule has 0 aliphatic heterocycles. The summed E-state index contributed by atoms with van der Waals surface area (Å²) in [5.41, 5.74) is -0.549. The first-order valence-electron chi connectivity index (χ1n) is 5.42. The number of H-pyrrole nitrogens is 1. The number of hydrogen-bond donors (Lipinski definition) is 1. The molecule has 0 aliphatic rings. The van der Waals surface area contributed by atoms with Crippen molar-refractivity contribution < 1.29 is 17.4 Å². The predicted molar refractivity (Wildman–Crippen MR) is 68.9 cm³/mol. The van der Waals surface area contributed by atoms with Gasteiger partial charge in [0.05, 0.1) is 5.56 Å². The van der Waals surface area contributed by atoms with Crippen LogP contribution in [0.15, 0.2) is 28.6 Å². The lowest BCUT2D eigenvalue weighted by atomic mass is 10.1. The number of nitrogens with zero attached hydrogens (tertiary/aromatic N) is 3. The van der Waals surface area contributed by atoms with Crippen molar-refractivity contribution in [3.8, 4) is 11.4 Å². The van der Waals surface area contributed by atoms with Crippen LogP contribution in [0.1, 0.15) is 5.56 Å². The quantitative estimate of drug-likeness (QED) is 0.927. The van der Waals surface area contributed by atoms with Crippen LogP contribution in [0, 0.1) is 0 Å². The Balaban J connectivity index is 2.41. The summed E-state index contributed by atoms with van der Waals surface area (Å²) in [6, 6.07) is 4.67. The van der Waals surface area contributed by atoms with Crippen molar-refractivity contribution in [2.45, 2.75) is 6.18 Å². The highest BCUT2D eigenvalue weighted by atomic mass is 32.2. The number of aromatic nitrogens is 3. The van der Waals surface area contributed by atoms with E-state index in [2.05, 4.69) is 19.5 Å². The van der Waals surface area contributed by atoms with Crippen LogP contribution in [0.3, 0.4) is 0 Å². The summed E-state index contributed by atoms with van der Waals surface area (Å²) in [5.74, 6) is 0.0888. The number of nitrogens with one attached hydrogen (secondary N) is 1. The third kappa shape index (κ3) is 3.56. The Morgan fingerprint density at radius 3 is 2.60 bits per heavy atom. The van der Waals surface area contributed by atoms with Gasteiger partial charge in [-0.2, -0.15) is 22.5 Å². The summed E-state index contributed by atoms with van der Waals surface area (Å²) in [6.45, 7) is 0. The van der Waals surface area contributed by atoms with E-state index in [1.165, 1.54) is 24.6 Å². The van der Waals surface area contributed by atoms with E-state index in [1.807, 2.05) is 0 Å². The average Bonchev–Trinajstić information content (AvgIpc) is 2.74. The number of hydrogen-bond acceptors (Lipinski definition) is 4. The molecule has 0 radical (unpaired) electrons. The van der Waals surface area contributed by atoms with Crippen LogP contribution in [0.4, 0.5) is 19.1 Å². The molecule has 0 unspecified atom stereocenters. The molecule has 0 amide bonds. The van der Waals surface area contributed by atoms with Crippen molar-refractivity contribution in [3.05, 3.63) is 29.8 Å². The van der Waals surface area contributed by atoms with Crippen molar-refractivity contribution in [1.82, 2.24) is 15.2 Å². The summed E-state index contributed by atoms with van der Waals surface area (Å²) in [6.07, 6.45) is -1.61. The molecule has 1 aromatic heterocycles. The minimum atomic E-state index is -4.43. The van der Waals surface area contributed by atoms with Gasteiger partial charge in [-0.3, -0.25) is 5.10 Å². The van der Waals surface area contributed by atoms with Crippen LogP contribution in [0.5, 0.6) is 0 Å². The first-order chi connectivity index (χ1) is 9.15. The molecule has 0 saturated heterocycles. The third-order valence-corrected chi connectivity index (χ3v) is 2.84. The monoisotopic (exact) mass is 304 g/mol. The standard InChI is InChI=1S/C11H11F3N4OS/c1-20(2,19)18-10-15-9(16-17-10)7-4-3-5-8(6-7)11(12,13)14/h3-6H,1-2H3,(H,15,16,17). The predicted octanol–water partition coefficient (Wildman–Crippen LogP) is 2.85. The third-order valence-electron chi connectivity index (χ3n) is 2.24. The summed E-state index contributed by atoms with van der Waals surface area (Å²) >= 11 is 0. The number of rotatable bonds is 2. The van der Waals surface area contributed by atoms with E-state index >= 15 is 0 Å². The van der Waals surface area contributed by atoms with Crippen LogP contribution in [-0.4, -0.2) is 31.9 Å². The zero-order chi connectivity index (χ0) is 15.0. The zero-order valence-electron chi connectivity index (χ0n) is 10.6. The fourth-order valence-corrected chi connectivity index (χ4v) is 1.94. The largest absolute Gasteiger partial charge is 0.416 e. The summed E-state index contributed by atoms with van der Waals surface area (Å²) in [7, 11) is -2.43. The normalized spacial score (nSPS) is 12.4. The van der Waals surface area contributed by atoms with Gasteiger partial charge in [-0.25, -0.2) is 4.21 Å². The Labute approximate surface area is 113 Å². The Morgan fingerprint density at radius 1 is 1.30 bits per heavy atom. The first-order valence-corrected chi connectivity index (χ1v) is 7.75. The molecule has 1 aromatic carbocycles. The molecule has 0 atom stereocenters. The maximum atomic E-state index is 12.6. The topological polar surface area (TPSA) is 71.0 Å². The smallest absolute Gasteiger partial charge is 0.257 e. The van der Waals surface area contributed by atoms with Crippen molar-refractivity contribution in [2.24, 2.45) is 4.36 Å². The molecule has 5 nitrogen and oxygen atoms in total. The first kappa shape index (κ1) is 14.5. The van der Waals surface area contributed by atoms with Gasteiger partial charge in [-0.15, -0.1) is 5.10 Å². The fourth-order valence-electron chi connectivity index (χ4n) is 1.46. The Bertz CT molecular complexity index is 736. The van der Waals surface area contributed by atoms with Crippen molar-refractivity contribution in [2.75, 3.05) is 12.5 Å². The molecule has 108 valence electrons. The Kier molecular flexibility index (Phi) is 3.55. The van der Waals surface area contributed by atoms with Crippen molar-refractivity contribution in [3.63, 3.8) is 0 Å². The van der Waals surface area contributed by atoms with Crippen LogP contribution < -0.4 is 0 Å². The second-order valence-corrected chi connectivity index (χ2v) is 6.88. The molecule has 0 bridgehead atoms. The summed E-state index contributed by atoms with van der Waals surface area (Å²) in [4.78, 5) is 3.91. The lowest BCUT2D eigenvalue weighted by Gasteiger charge is -2.06. The van der Waals surface area contributed by atoms with E-state index in [0.29, 0.717) is 0 Å². The molecular weight excluding hydrogens is 293 g/mol. The molecule has 20 heavy (non-hydrogen) atoms. The highest BCUT2D eigenvalue weighted by Gasteiger charge is 2.30. The fraction of sp³-hybridized carbons (Fsp3) is 0.273. The highest BCUT2D eigenvalue weighted by Crippen LogP contribution is 2.31. The zero-order valence-corrected chi connectivity index (χ0v) is 11.4. The lowest BCUT2D eigenvalue weighted by Crippen LogP contribution is -2.04. The van der Waals surface area contributed by atoms with Gasteiger partial charge in [0.25, 0.3) is 5.95 Å². The number of benzene rings is 1. The summed E-state index contributed by atoms with van der Waals surface area (Å²) in [5, 5.41) is 6.18. The van der Waals surface area contributed by atoms with Crippen LogP contribution in [-0.2, 0) is 15.9 Å². The molecular formula is C11H11F3N4OS. The van der Waals surface area contributed by atoms with E-state index in [1.54, 1.807) is 0 Å². The van der Waals surface area contributed by atoms with E-state index in [9.17, 15) is 17.4 Å². The van der Waals surface area contributed by atoms with E-state index in [4.69, 9.17) is 0 Å². The number of halogens is 3. The maximum Gasteiger partial charge on any atom is 0.416 e. The van der Waals surface area contributed by atoms with Crippen LogP contribution >= 0.6 is 0 Å². The molecule has 9 heteroatoms. The van der Waals surface area contributed by atoms with Crippen molar-refractivity contribution in [1.29, 1.82) is 0 Å². The van der Waals surface area contributed by atoms with Crippen molar-refractivity contribution >= 4 is 15.7 Å². The van der Waals surface area contributed by atoms with Gasteiger partial charge < -0.3 is 0 Å². The molecule has 2 aromatic rings. The van der Waals surface area contributed by atoms with Crippen LogP contribution in [0.2, 0.25) is 0 Å². The summed E-state index contributed by atoms with van der Waals surface area (Å²) < 4.78 is 53.1. The molecule has 1 N–H and O–H groups in total. The Morgan fingerprint density at radius 2 is 2.00 bits per heavy atom. The van der Waals surface area contributed by atoms with Gasteiger partial charge in [-0.1, -0.05) is 12.1 Å². The SMILES string of the molecule is CS(C)(=O)=Nc1n[nH]c(-c2cccc(C(F)(F)F)c2)n1. The molecule has 0 spiro atoms. The van der Waals surface area contributed by atoms with E-state index in [-0.39, 0.29) is 17.3 Å². The van der Waals surface area contributed by atoms with E-state index < -0.39 is 21.5 Å². The van der Waals surface area contributed by atoms with Gasteiger partial charge in [0.15, 0.2) is 5.82 Å². The second-order valence-electron chi connectivity index (χ2n) is 4.34. The lowest BCUT2D eigenvalue weighted by molar-refractivity contribution is -0.137.